The summed E-state index contributed by atoms with van der Waals surface area (Å²) in [5, 5.41) is 8.11. The first-order chi connectivity index (χ1) is 10.5. The number of nitrogens with one attached hydrogen (secondary N) is 1. The van der Waals surface area contributed by atoms with Crippen molar-refractivity contribution in [2.45, 2.75) is 19.9 Å². The number of fused-ring (bicyclic) bond motifs is 1. The smallest absolute Gasteiger partial charge is 0.255 e. The molecule has 0 radical (unpaired) electrons. The molecule has 2 aromatic heterocycles. The van der Waals surface area contributed by atoms with Crippen molar-refractivity contribution in [2.24, 2.45) is 0 Å². The van der Waals surface area contributed by atoms with Crippen LogP contribution in [-0.2, 0) is 0 Å². The van der Waals surface area contributed by atoms with E-state index in [1.54, 1.807) is 18.5 Å². The second kappa shape index (κ2) is 6.04. The number of halogens is 1. The van der Waals surface area contributed by atoms with Crippen LogP contribution in [0.1, 0.15) is 30.2 Å². The highest BCUT2D eigenvalue weighted by Gasteiger charge is 2.10. The van der Waals surface area contributed by atoms with Crippen LogP contribution in [0.3, 0.4) is 0 Å². The summed E-state index contributed by atoms with van der Waals surface area (Å²) in [6.45, 7) is 4.11. The lowest BCUT2D eigenvalue weighted by atomic mass is 10.2. The average Bonchev–Trinajstić information content (AvgIpc) is 2.90. The van der Waals surface area contributed by atoms with E-state index in [1.807, 2.05) is 28.9 Å². The summed E-state index contributed by atoms with van der Waals surface area (Å²) in [5.74, 6) is -0.143. The van der Waals surface area contributed by atoms with Crippen LogP contribution in [0, 0.1) is 3.57 Å². The highest BCUT2D eigenvalue weighted by atomic mass is 127. The lowest BCUT2D eigenvalue weighted by Crippen LogP contribution is -2.12. The van der Waals surface area contributed by atoms with Crippen molar-refractivity contribution in [1.82, 2.24) is 14.8 Å². The van der Waals surface area contributed by atoms with E-state index < -0.39 is 0 Å². The molecule has 1 aromatic carbocycles. The number of aromatic nitrogens is 3. The number of pyridine rings is 1. The zero-order valence-corrected chi connectivity index (χ0v) is 14.4. The fourth-order valence-electron chi connectivity index (χ4n) is 2.22. The predicted octanol–water partition coefficient (Wildman–Crippen LogP) is 3.87. The summed E-state index contributed by atoms with van der Waals surface area (Å²) in [4.78, 5) is 16.7. The Labute approximate surface area is 141 Å². The molecule has 1 N–H and O–H groups in total. The Kier molecular flexibility index (Phi) is 4.10. The number of carbonyl (C=O) groups is 1. The van der Waals surface area contributed by atoms with Gasteiger partial charge in [0.1, 0.15) is 0 Å². The Bertz CT molecular complexity index is 841. The average molecular weight is 406 g/mol. The Hall–Kier alpha value is -1.96. The van der Waals surface area contributed by atoms with Crippen LogP contribution < -0.4 is 5.32 Å². The van der Waals surface area contributed by atoms with Gasteiger partial charge in [-0.2, -0.15) is 5.10 Å². The van der Waals surface area contributed by atoms with E-state index in [4.69, 9.17) is 0 Å². The fraction of sp³-hybridized carbons (Fsp3) is 0.188. The third-order valence-corrected chi connectivity index (χ3v) is 3.94. The quantitative estimate of drug-likeness (QED) is 0.672. The summed E-state index contributed by atoms with van der Waals surface area (Å²) in [5.41, 5.74) is 2.12. The van der Waals surface area contributed by atoms with E-state index in [2.05, 4.69) is 51.8 Å². The third-order valence-electron chi connectivity index (χ3n) is 3.27. The molecule has 3 rings (SSSR count). The van der Waals surface area contributed by atoms with E-state index >= 15 is 0 Å². The molecule has 5 nitrogen and oxygen atoms in total. The third kappa shape index (κ3) is 2.96. The van der Waals surface area contributed by atoms with Crippen molar-refractivity contribution in [1.29, 1.82) is 0 Å². The van der Waals surface area contributed by atoms with Gasteiger partial charge in [0.2, 0.25) is 0 Å². The van der Waals surface area contributed by atoms with Crippen LogP contribution in [0.15, 0.2) is 42.7 Å². The van der Waals surface area contributed by atoms with E-state index in [1.165, 1.54) is 0 Å². The minimum absolute atomic E-state index is 0.143. The van der Waals surface area contributed by atoms with Gasteiger partial charge in [-0.15, -0.1) is 0 Å². The van der Waals surface area contributed by atoms with Crippen molar-refractivity contribution in [3.05, 3.63) is 51.9 Å². The predicted molar refractivity (Wildman–Crippen MR) is 95.0 cm³/mol. The van der Waals surface area contributed by atoms with Gasteiger partial charge >= 0.3 is 0 Å². The second-order valence-corrected chi connectivity index (χ2v) is 6.53. The summed E-state index contributed by atoms with van der Waals surface area (Å²) < 4.78 is 2.89. The van der Waals surface area contributed by atoms with Gasteiger partial charge in [0, 0.05) is 20.6 Å². The molecule has 2 heterocycles. The molecule has 0 spiro atoms. The highest BCUT2D eigenvalue weighted by Crippen LogP contribution is 2.19. The number of hydrogen-bond donors (Lipinski definition) is 1. The molecule has 0 saturated heterocycles. The number of benzene rings is 1. The number of nitrogens with zero attached hydrogens (tertiary/aromatic N) is 3. The summed E-state index contributed by atoms with van der Waals surface area (Å²) >= 11 is 2.19. The molecule has 0 saturated carbocycles. The molecular formula is C16H15IN4O. The van der Waals surface area contributed by atoms with Gasteiger partial charge in [-0.25, -0.2) is 9.67 Å². The zero-order chi connectivity index (χ0) is 15.7. The largest absolute Gasteiger partial charge is 0.321 e. The topological polar surface area (TPSA) is 59.8 Å². The lowest BCUT2D eigenvalue weighted by Gasteiger charge is -2.08. The van der Waals surface area contributed by atoms with Crippen LogP contribution in [0.5, 0.6) is 0 Å². The van der Waals surface area contributed by atoms with E-state index in [0.29, 0.717) is 11.3 Å². The van der Waals surface area contributed by atoms with Gasteiger partial charge in [-0.3, -0.25) is 4.79 Å². The normalized spacial score (nSPS) is 11.1. The fourth-order valence-corrected chi connectivity index (χ4v) is 2.76. The molecule has 0 unspecified atom stereocenters. The number of anilines is 1. The minimum atomic E-state index is -0.143. The molecule has 0 aliphatic carbocycles. The lowest BCUT2D eigenvalue weighted by molar-refractivity contribution is 0.102. The van der Waals surface area contributed by atoms with Gasteiger partial charge in [0.25, 0.3) is 5.91 Å². The second-order valence-electron chi connectivity index (χ2n) is 5.28. The number of hydrogen-bond acceptors (Lipinski definition) is 3. The highest BCUT2D eigenvalue weighted by molar-refractivity contribution is 14.1. The molecule has 6 heteroatoms. The molecule has 112 valence electrons. The van der Waals surface area contributed by atoms with Gasteiger partial charge in [-0.05, 0) is 60.7 Å². The van der Waals surface area contributed by atoms with Crippen molar-refractivity contribution in [3.8, 4) is 0 Å². The standard InChI is InChI=1S/C16H15IN4O/c1-10(2)21-15-12(8-19-21)7-14(9-18-15)20-16(22)11-4-3-5-13(17)6-11/h3-10H,1-2H3,(H,20,22). The summed E-state index contributed by atoms with van der Waals surface area (Å²) in [6.07, 6.45) is 3.43. The van der Waals surface area contributed by atoms with Crippen LogP contribution in [0.25, 0.3) is 11.0 Å². The molecule has 0 bridgehead atoms. The van der Waals surface area contributed by atoms with Crippen LogP contribution in [0.2, 0.25) is 0 Å². The Morgan fingerprint density at radius 2 is 2.09 bits per heavy atom. The molecule has 0 atom stereocenters. The number of amides is 1. The van der Waals surface area contributed by atoms with Crippen molar-refractivity contribution >= 4 is 45.2 Å². The maximum atomic E-state index is 12.3. The van der Waals surface area contributed by atoms with Crippen LogP contribution >= 0.6 is 22.6 Å². The van der Waals surface area contributed by atoms with Gasteiger partial charge in [-0.1, -0.05) is 6.07 Å². The van der Waals surface area contributed by atoms with E-state index in [9.17, 15) is 4.79 Å². The number of carbonyl (C=O) groups excluding carboxylic acids is 1. The van der Waals surface area contributed by atoms with E-state index in [-0.39, 0.29) is 11.9 Å². The van der Waals surface area contributed by atoms with Crippen molar-refractivity contribution < 1.29 is 4.79 Å². The SMILES string of the molecule is CC(C)n1ncc2cc(NC(=O)c3cccc(I)c3)cnc21. The molecule has 22 heavy (non-hydrogen) atoms. The monoisotopic (exact) mass is 406 g/mol. The molecule has 3 aromatic rings. The van der Waals surface area contributed by atoms with Crippen molar-refractivity contribution in [3.63, 3.8) is 0 Å². The first-order valence-corrected chi connectivity index (χ1v) is 8.02. The minimum Gasteiger partial charge on any atom is -0.321 e. The van der Waals surface area contributed by atoms with Gasteiger partial charge in [0.15, 0.2) is 5.65 Å². The maximum Gasteiger partial charge on any atom is 0.255 e. The Balaban J connectivity index is 1.86. The molecule has 1 amide bonds. The molecule has 0 aliphatic heterocycles. The van der Waals surface area contributed by atoms with Crippen LogP contribution in [-0.4, -0.2) is 20.7 Å². The van der Waals surface area contributed by atoms with Gasteiger partial charge < -0.3 is 5.32 Å². The summed E-state index contributed by atoms with van der Waals surface area (Å²) in [7, 11) is 0. The first kappa shape index (κ1) is 15.0. The van der Waals surface area contributed by atoms with Gasteiger partial charge in [0.05, 0.1) is 18.1 Å². The Morgan fingerprint density at radius 3 is 2.82 bits per heavy atom. The molecule has 0 aliphatic rings. The molecular weight excluding hydrogens is 391 g/mol. The van der Waals surface area contributed by atoms with Crippen LogP contribution in [0.4, 0.5) is 5.69 Å². The van der Waals surface area contributed by atoms with E-state index in [0.717, 1.165) is 14.6 Å². The van der Waals surface area contributed by atoms with Crippen molar-refractivity contribution in [2.75, 3.05) is 5.32 Å². The maximum absolute atomic E-state index is 12.3. The Morgan fingerprint density at radius 1 is 1.27 bits per heavy atom. The first-order valence-electron chi connectivity index (χ1n) is 6.95. The zero-order valence-electron chi connectivity index (χ0n) is 12.2. The number of rotatable bonds is 3. The summed E-state index contributed by atoms with van der Waals surface area (Å²) in [6, 6.07) is 9.59. The molecule has 0 fully saturated rings.